The third kappa shape index (κ3) is 4.33. The van der Waals surface area contributed by atoms with Crippen LogP contribution in [0, 0.1) is 0 Å². The lowest BCUT2D eigenvalue weighted by Gasteiger charge is -2.21. The van der Waals surface area contributed by atoms with E-state index in [1.807, 2.05) is 66.3 Å². The molecule has 0 saturated carbocycles. The number of ether oxygens (including phenoxy) is 1. The molecule has 1 aliphatic heterocycles. The Hall–Kier alpha value is -2.87. The Morgan fingerprint density at radius 2 is 2.10 bits per heavy atom. The van der Waals surface area contributed by atoms with Gasteiger partial charge in [0.25, 0.3) is 0 Å². The van der Waals surface area contributed by atoms with Gasteiger partial charge in [-0.3, -0.25) is 4.79 Å². The lowest BCUT2D eigenvalue weighted by atomic mass is 10.0. The number of imidazole rings is 1. The number of aryl methyl sites for hydroxylation is 1. The number of aromatic nitrogens is 2. The van der Waals surface area contributed by atoms with Gasteiger partial charge in [-0.1, -0.05) is 35.9 Å². The van der Waals surface area contributed by atoms with Crippen LogP contribution in [0.15, 0.2) is 60.9 Å². The SMILES string of the molecule is COc1cccc(C(NC(=O)C2CC(c3cccc(Cl)c3)NN2)c2nccn2C)c1. The van der Waals surface area contributed by atoms with Crippen molar-refractivity contribution in [3.8, 4) is 5.75 Å². The average molecular weight is 426 g/mol. The number of carbonyl (C=O) groups excluding carboxylic acids is 1. The van der Waals surface area contributed by atoms with Gasteiger partial charge in [0.05, 0.1) is 7.11 Å². The number of benzene rings is 2. The molecule has 2 aromatic carbocycles. The number of hydrogen-bond acceptors (Lipinski definition) is 5. The Morgan fingerprint density at radius 3 is 2.83 bits per heavy atom. The molecule has 0 bridgehead atoms. The molecule has 3 atom stereocenters. The van der Waals surface area contributed by atoms with Crippen LogP contribution in [0.2, 0.25) is 5.02 Å². The largest absolute Gasteiger partial charge is 0.497 e. The van der Waals surface area contributed by atoms with Gasteiger partial charge in [-0.15, -0.1) is 0 Å². The Balaban J connectivity index is 1.53. The van der Waals surface area contributed by atoms with Crippen LogP contribution in [0.4, 0.5) is 0 Å². The fraction of sp³-hybridized carbons (Fsp3) is 0.273. The van der Waals surface area contributed by atoms with Crippen LogP contribution in [0.1, 0.15) is 35.5 Å². The van der Waals surface area contributed by atoms with E-state index in [1.165, 1.54) is 0 Å². The first-order valence-electron chi connectivity index (χ1n) is 9.73. The minimum Gasteiger partial charge on any atom is -0.497 e. The smallest absolute Gasteiger partial charge is 0.239 e. The second kappa shape index (κ2) is 8.87. The number of nitrogens with zero attached hydrogens (tertiary/aromatic N) is 2. The van der Waals surface area contributed by atoms with Crippen molar-refractivity contribution in [1.29, 1.82) is 0 Å². The van der Waals surface area contributed by atoms with E-state index in [-0.39, 0.29) is 18.0 Å². The van der Waals surface area contributed by atoms with Crippen LogP contribution in [-0.4, -0.2) is 28.6 Å². The normalized spacial score (nSPS) is 19.4. The highest BCUT2D eigenvalue weighted by atomic mass is 35.5. The first-order valence-corrected chi connectivity index (χ1v) is 10.1. The summed E-state index contributed by atoms with van der Waals surface area (Å²) < 4.78 is 7.26. The van der Waals surface area contributed by atoms with Crippen molar-refractivity contribution in [1.82, 2.24) is 25.7 Å². The van der Waals surface area contributed by atoms with Gasteiger partial charge in [-0.2, -0.15) is 0 Å². The highest BCUT2D eigenvalue weighted by molar-refractivity contribution is 6.30. The number of carbonyl (C=O) groups is 1. The molecule has 1 aromatic heterocycles. The summed E-state index contributed by atoms with van der Waals surface area (Å²) in [5.74, 6) is 1.36. The molecular weight excluding hydrogens is 402 g/mol. The third-order valence-electron chi connectivity index (χ3n) is 5.30. The number of methoxy groups -OCH3 is 1. The fourth-order valence-electron chi connectivity index (χ4n) is 3.69. The standard InChI is InChI=1S/C22H24ClN5O2/c1-28-10-9-24-21(28)20(15-6-4-8-17(12-15)30-2)25-22(29)19-13-18(26-27-19)14-5-3-7-16(23)11-14/h3-12,18-20,26-27H,13H2,1-2H3,(H,25,29). The first-order chi connectivity index (χ1) is 14.5. The van der Waals surface area contributed by atoms with E-state index in [4.69, 9.17) is 16.3 Å². The van der Waals surface area contributed by atoms with Gasteiger partial charge < -0.3 is 14.6 Å². The molecule has 30 heavy (non-hydrogen) atoms. The molecule has 0 aliphatic carbocycles. The molecule has 3 unspecified atom stereocenters. The lowest BCUT2D eigenvalue weighted by molar-refractivity contribution is -0.123. The number of hydrazine groups is 1. The zero-order valence-corrected chi connectivity index (χ0v) is 17.6. The maximum atomic E-state index is 13.1. The molecule has 7 nitrogen and oxygen atoms in total. The molecule has 0 spiro atoms. The minimum atomic E-state index is -0.403. The Bertz CT molecular complexity index is 1040. The summed E-state index contributed by atoms with van der Waals surface area (Å²) in [4.78, 5) is 17.6. The maximum absolute atomic E-state index is 13.1. The van der Waals surface area contributed by atoms with Crippen molar-refractivity contribution < 1.29 is 9.53 Å². The summed E-state index contributed by atoms with van der Waals surface area (Å²) in [5, 5.41) is 3.82. The summed E-state index contributed by atoms with van der Waals surface area (Å²) in [6.45, 7) is 0. The third-order valence-corrected chi connectivity index (χ3v) is 5.54. The van der Waals surface area contributed by atoms with Gasteiger partial charge in [-0.05, 0) is 41.8 Å². The minimum absolute atomic E-state index is 0.00267. The molecular formula is C22H24ClN5O2. The van der Waals surface area contributed by atoms with Gasteiger partial charge in [-0.25, -0.2) is 15.8 Å². The van der Waals surface area contributed by atoms with Gasteiger partial charge in [0, 0.05) is 30.5 Å². The molecule has 1 fully saturated rings. The van der Waals surface area contributed by atoms with Crippen molar-refractivity contribution in [2.75, 3.05) is 7.11 Å². The first kappa shape index (κ1) is 20.4. The predicted molar refractivity (Wildman–Crippen MR) is 115 cm³/mol. The van der Waals surface area contributed by atoms with Crippen molar-refractivity contribution >= 4 is 17.5 Å². The highest BCUT2D eigenvalue weighted by Gasteiger charge is 2.32. The monoisotopic (exact) mass is 425 g/mol. The van der Waals surface area contributed by atoms with E-state index >= 15 is 0 Å². The number of amides is 1. The van der Waals surface area contributed by atoms with Gasteiger partial charge in [0.15, 0.2) is 0 Å². The molecule has 1 amide bonds. The van der Waals surface area contributed by atoms with Crippen molar-refractivity contribution in [2.24, 2.45) is 7.05 Å². The molecule has 3 N–H and O–H groups in total. The number of rotatable bonds is 6. The summed E-state index contributed by atoms with van der Waals surface area (Å²) in [6.07, 6.45) is 4.19. The van der Waals surface area contributed by atoms with Gasteiger partial charge >= 0.3 is 0 Å². The molecule has 156 valence electrons. The van der Waals surface area contributed by atoms with Crippen LogP contribution in [-0.2, 0) is 11.8 Å². The molecule has 2 heterocycles. The molecule has 1 saturated heterocycles. The number of halogens is 1. The van der Waals surface area contributed by atoms with E-state index in [0.717, 1.165) is 22.7 Å². The molecule has 1 aliphatic rings. The lowest BCUT2D eigenvalue weighted by Crippen LogP contribution is -2.45. The van der Waals surface area contributed by atoms with Crippen LogP contribution < -0.4 is 20.9 Å². The van der Waals surface area contributed by atoms with Crippen molar-refractivity contribution in [2.45, 2.75) is 24.5 Å². The van der Waals surface area contributed by atoms with Crippen molar-refractivity contribution in [3.05, 3.63) is 82.9 Å². The summed E-state index contributed by atoms with van der Waals surface area (Å²) in [6, 6.07) is 14.5. The van der Waals surface area contributed by atoms with Crippen molar-refractivity contribution in [3.63, 3.8) is 0 Å². The topological polar surface area (TPSA) is 80.2 Å². The van der Waals surface area contributed by atoms with Crippen LogP contribution in [0.5, 0.6) is 5.75 Å². The summed E-state index contributed by atoms with van der Waals surface area (Å²) in [7, 11) is 3.53. The summed E-state index contributed by atoms with van der Waals surface area (Å²) >= 11 is 6.11. The zero-order valence-electron chi connectivity index (χ0n) is 16.8. The quantitative estimate of drug-likeness (QED) is 0.566. The van der Waals surface area contributed by atoms with Crippen LogP contribution in [0.25, 0.3) is 0 Å². The van der Waals surface area contributed by atoms with Gasteiger partial charge in [0.2, 0.25) is 5.91 Å². The highest BCUT2D eigenvalue weighted by Crippen LogP contribution is 2.27. The fourth-order valence-corrected chi connectivity index (χ4v) is 3.88. The Kier molecular flexibility index (Phi) is 6.03. The number of hydrogen-bond donors (Lipinski definition) is 3. The Labute approximate surface area is 180 Å². The predicted octanol–water partition coefficient (Wildman–Crippen LogP) is 2.90. The second-order valence-corrected chi connectivity index (χ2v) is 7.74. The molecule has 0 radical (unpaired) electrons. The zero-order chi connectivity index (χ0) is 21.1. The second-order valence-electron chi connectivity index (χ2n) is 7.30. The van der Waals surface area contributed by atoms with E-state index in [2.05, 4.69) is 21.2 Å². The van der Waals surface area contributed by atoms with E-state index < -0.39 is 6.04 Å². The Morgan fingerprint density at radius 1 is 1.27 bits per heavy atom. The average Bonchev–Trinajstić information content (AvgIpc) is 3.41. The number of nitrogens with one attached hydrogen (secondary N) is 3. The maximum Gasteiger partial charge on any atom is 0.239 e. The van der Waals surface area contributed by atoms with Crippen LogP contribution >= 0.6 is 11.6 Å². The van der Waals surface area contributed by atoms with E-state index in [9.17, 15) is 4.79 Å². The van der Waals surface area contributed by atoms with Crippen LogP contribution in [0.3, 0.4) is 0 Å². The molecule has 8 heteroatoms. The van der Waals surface area contributed by atoms with E-state index in [1.54, 1.807) is 13.3 Å². The summed E-state index contributed by atoms with van der Waals surface area (Å²) in [5.41, 5.74) is 8.24. The van der Waals surface area contributed by atoms with Gasteiger partial charge in [0.1, 0.15) is 23.7 Å². The molecule has 3 aromatic rings. The van der Waals surface area contributed by atoms with E-state index in [0.29, 0.717) is 11.4 Å². The molecule has 4 rings (SSSR count).